The van der Waals surface area contributed by atoms with Crippen LogP contribution in [0.2, 0.25) is 5.02 Å². The summed E-state index contributed by atoms with van der Waals surface area (Å²) in [5.41, 5.74) is 1.41. The lowest BCUT2D eigenvalue weighted by Crippen LogP contribution is -2.23. The molecule has 33 heavy (non-hydrogen) atoms. The number of amides is 2. The number of anilines is 1. The molecule has 2 amide bonds. The quantitative estimate of drug-likeness (QED) is 0.550. The van der Waals surface area contributed by atoms with Crippen molar-refractivity contribution in [2.45, 2.75) is 25.7 Å². The minimum atomic E-state index is -4.52. The number of hydrogen-bond acceptors (Lipinski definition) is 7. The molecular formula is C20H15ClF3N5O4. The van der Waals surface area contributed by atoms with Crippen LogP contribution >= 0.6 is 11.6 Å². The first-order valence-electron chi connectivity index (χ1n) is 9.48. The van der Waals surface area contributed by atoms with E-state index in [1.807, 2.05) is 0 Å². The van der Waals surface area contributed by atoms with Crippen molar-refractivity contribution >= 4 is 29.2 Å². The number of carbonyl (C=O) groups is 2. The molecule has 9 nitrogen and oxygen atoms in total. The number of nitrogens with one attached hydrogen (secondary N) is 1. The number of fused-ring (bicyclic) bond motifs is 1. The highest BCUT2D eigenvalue weighted by atomic mass is 35.5. The van der Waals surface area contributed by atoms with Gasteiger partial charge in [0.25, 0.3) is 5.91 Å². The lowest BCUT2D eigenvalue weighted by molar-refractivity contribution is -0.154. The molecule has 3 aromatic rings. The van der Waals surface area contributed by atoms with Crippen molar-refractivity contribution in [2.24, 2.45) is 0 Å². The first kappa shape index (κ1) is 22.5. The van der Waals surface area contributed by atoms with Gasteiger partial charge in [0, 0.05) is 30.1 Å². The summed E-state index contributed by atoms with van der Waals surface area (Å²) in [5, 5.41) is 2.56. The van der Waals surface area contributed by atoms with Gasteiger partial charge < -0.3 is 19.4 Å². The van der Waals surface area contributed by atoms with Crippen molar-refractivity contribution < 1.29 is 31.9 Å². The highest BCUT2D eigenvalue weighted by molar-refractivity contribution is 6.31. The van der Waals surface area contributed by atoms with Gasteiger partial charge in [-0.05, 0) is 17.7 Å². The van der Waals surface area contributed by atoms with Crippen molar-refractivity contribution in [1.29, 1.82) is 0 Å². The Labute approximate surface area is 189 Å². The van der Waals surface area contributed by atoms with E-state index in [1.54, 1.807) is 6.07 Å². The van der Waals surface area contributed by atoms with Crippen molar-refractivity contribution in [3.8, 4) is 5.88 Å². The van der Waals surface area contributed by atoms with Crippen LogP contribution < -0.4 is 10.1 Å². The van der Waals surface area contributed by atoms with Crippen LogP contribution in [0.25, 0.3) is 0 Å². The first-order chi connectivity index (χ1) is 15.7. The number of aromatic nitrogens is 3. The monoisotopic (exact) mass is 481 g/mol. The minimum Gasteiger partial charge on any atom is -0.467 e. The molecule has 0 radical (unpaired) electrons. The van der Waals surface area contributed by atoms with Crippen LogP contribution in [0.4, 0.5) is 19.0 Å². The van der Waals surface area contributed by atoms with Crippen LogP contribution in [0.5, 0.6) is 5.88 Å². The number of halogens is 4. The SMILES string of the molecule is O=C(Cc1cnco1)Nc1nccc2c1CN(Cc1cnc(OCC(F)(F)F)c(Cl)c1)C2=O. The van der Waals surface area contributed by atoms with Crippen LogP contribution in [0.1, 0.15) is 27.2 Å². The second-order valence-corrected chi connectivity index (χ2v) is 7.48. The molecule has 0 atom stereocenters. The Morgan fingerprint density at radius 3 is 2.82 bits per heavy atom. The summed E-state index contributed by atoms with van der Waals surface area (Å²) in [6, 6.07) is 2.93. The second kappa shape index (κ2) is 9.06. The summed E-state index contributed by atoms with van der Waals surface area (Å²) in [4.78, 5) is 38.3. The highest BCUT2D eigenvalue weighted by Crippen LogP contribution is 2.30. The third-order valence-corrected chi connectivity index (χ3v) is 4.88. The predicted molar refractivity (Wildman–Crippen MR) is 107 cm³/mol. The molecule has 172 valence electrons. The van der Waals surface area contributed by atoms with Gasteiger partial charge in [0.1, 0.15) is 16.6 Å². The van der Waals surface area contributed by atoms with Crippen LogP contribution in [0.3, 0.4) is 0 Å². The van der Waals surface area contributed by atoms with Gasteiger partial charge >= 0.3 is 6.18 Å². The first-order valence-corrected chi connectivity index (χ1v) is 9.86. The van der Waals surface area contributed by atoms with E-state index < -0.39 is 12.8 Å². The van der Waals surface area contributed by atoms with Gasteiger partial charge in [0.05, 0.1) is 19.2 Å². The Kier molecular flexibility index (Phi) is 6.18. The van der Waals surface area contributed by atoms with E-state index in [-0.39, 0.29) is 48.0 Å². The molecule has 0 unspecified atom stereocenters. The maximum Gasteiger partial charge on any atom is 0.422 e. The number of ether oxygens (including phenoxy) is 1. The Hall–Kier alpha value is -3.67. The summed E-state index contributed by atoms with van der Waals surface area (Å²) >= 11 is 5.98. The van der Waals surface area contributed by atoms with Gasteiger partial charge in [-0.25, -0.2) is 15.0 Å². The third kappa shape index (κ3) is 5.40. The summed E-state index contributed by atoms with van der Waals surface area (Å²) < 4.78 is 46.6. The summed E-state index contributed by atoms with van der Waals surface area (Å²) in [5.74, 6) is -0.407. The van der Waals surface area contributed by atoms with Crippen LogP contribution in [-0.2, 0) is 24.3 Å². The molecule has 1 aliphatic rings. The van der Waals surface area contributed by atoms with Crippen molar-refractivity contribution in [1.82, 2.24) is 19.9 Å². The molecule has 4 rings (SSSR count). The molecule has 0 saturated heterocycles. The van der Waals surface area contributed by atoms with E-state index >= 15 is 0 Å². The summed E-state index contributed by atoms with van der Waals surface area (Å²) in [6.07, 6.45) is 0.769. The molecule has 1 N–H and O–H groups in total. The minimum absolute atomic E-state index is 0.0457. The number of rotatable bonds is 7. The zero-order valence-electron chi connectivity index (χ0n) is 16.7. The van der Waals surface area contributed by atoms with Crippen molar-refractivity contribution in [2.75, 3.05) is 11.9 Å². The molecule has 0 spiro atoms. The largest absolute Gasteiger partial charge is 0.467 e. The number of pyridine rings is 2. The number of nitrogens with zero attached hydrogens (tertiary/aromatic N) is 4. The fourth-order valence-electron chi connectivity index (χ4n) is 3.21. The van der Waals surface area contributed by atoms with Crippen molar-refractivity contribution in [3.63, 3.8) is 0 Å². The van der Waals surface area contributed by atoms with E-state index in [0.717, 1.165) is 0 Å². The fraction of sp³-hybridized carbons (Fsp3) is 0.250. The summed E-state index contributed by atoms with van der Waals surface area (Å²) in [7, 11) is 0. The van der Waals surface area contributed by atoms with Gasteiger partial charge in [-0.15, -0.1) is 0 Å². The average Bonchev–Trinajstić information content (AvgIpc) is 3.36. The Morgan fingerprint density at radius 2 is 2.12 bits per heavy atom. The molecule has 13 heteroatoms. The van der Waals surface area contributed by atoms with Gasteiger partial charge in [0.2, 0.25) is 11.8 Å². The van der Waals surface area contributed by atoms with Gasteiger partial charge in [-0.1, -0.05) is 11.6 Å². The third-order valence-electron chi connectivity index (χ3n) is 4.61. The molecule has 4 heterocycles. The van der Waals surface area contributed by atoms with Crippen LogP contribution in [-0.4, -0.2) is 44.4 Å². The Bertz CT molecular complexity index is 1190. The second-order valence-electron chi connectivity index (χ2n) is 7.07. The van der Waals surface area contributed by atoms with Crippen LogP contribution in [0.15, 0.2) is 41.5 Å². The van der Waals surface area contributed by atoms with E-state index in [1.165, 1.54) is 36.0 Å². The molecule has 0 saturated carbocycles. The number of alkyl halides is 3. The average molecular weight is 482 g/mol. The fourth-order valence-corrected chi connectivity index (χ4v) is 3.46. The number of carbonyl (C=O) groups excluding carboxylic acids is 2. The van der Waals surface area contributed by atoms with E-state index in [0.29, 0.717) is 22.5 Å². The predicted octanol–water partition coefficient (Wildman–Crippen LogP) is 3.40. The molecule has 0 aliphatic carbocycles. The van der Waals surface area contributed by atoms with Gasteiger partial charge in [-0.3, -0.25) is 9.59 Å². The lowest BCUT2D eigenvalue weighted by Gasteiger charge is -2.16. The number of hydrogen-bond donors (Lipinski definition) is 1. The zero-order valence-corrected chi connectivity index (χ0v) is 17.5. The highest BCUT2D eigenvalue weighted by Gasteiger charge is 2.31. The standard InChI is InChI=1S/C20H15ClF3N5O4/c21-15-3-11(5-27-18(15)32-9-20(22,23)24)7-29-8-14-13(19(29)31)1-2-26-17(14)28-16(30)4-12-6-25-10-33-12/h1-3,5-6,10H,4,7-9H2,(H,26,28,30). The smallest absolute Gasteiger partial charge is 0.422 e. The van der Waals surface area contributed by atoms with Gasteiger partial charge in [0.15, 0.2) is 13.0 Å². The Balaban J connectivity index is 1.44. The van der Waals surface area contributed by atoms with Gasteiger partial charge in [-0.2, -0.15) is 13.2 Å². The number of oxazole rings is 1. The van der Waals surface area contributed by atoms with E-state index in [2.05, 4.69) is 25.0 Å². The molecule has 0 aromatic carbocycles. The maximum atomic E-state index is 12.8. The van der Waals surface area contributed by atoms with Crippen LogP contribution in [0, 0.1) is 0 Å². The molecule has 1 aliphatic heterocycles. The molecule has 0 fully saturated rings. The topological polar surface area (TPSA) is 110 Å². The summed E-state index contributed by atoms with van der Waals surface area (Å²) in [6.45, 7) is -1.27. The molecular weight excluding hydrogens is 467 g/mol. The normalized spacial score (nSPS) is 13.2. The van der Waals surface area contributed by atoms with Crippen molar-refractivity contribution in [3.05, 3.63) is 64.6 Å². The Morgan fingerprint density at radius 1 is 1.30 bits per heavy atom. The zero-order chi connectivity index (χ0) is 23.6. The molecule has 3 aromatic heterocycles. The maximum absolute atomic E-state index is 12.8. The van der Waals surface area contributed by atoms with E-state index in [4.69, 9.17) is 16.0 Å². The lowest BCUT2D eigenvalue weighted by atomic mass is 10.1. The van der Waals surface area contributed by atoms with E-state index in [9.17, 15) is 22.8 Å². The molecule has 0 bridgehead atoms.